The van der Waals surface area contributed by atoms with Crippen LogP contribution in [-0.4, -0.2) is 35.3 Å². The average Bonchev–Trinajstić information content (AvgIpc) is 2.16. The first-order valence-corrected chi connectivity index (χ1v) is 4.73. The van der Waals surface area contributed by atoms with Crippen LogP contribution in [0.25, 0.3) is 0 Å². The molecule has 0 aromatic heterocycles. The Bertz CT molecular complexity index is 504. The Morgan fingerprint density at radius 3 is 2.53 bits per heavy atom. The van der Waals surface area contributed by atoms with Crippen molar-refractivity contribution in [3.05, 3.63) is 33.9 Å². The van der Waals surface area contributed by atoms with E-state index in [-0.39, 0.29) is 0 Å². The Morgan fingerprint density at radius 2 is 2.13 bits per heavy atom. The van der Waals surface area contributed by atoms with Crippen LogP contribution in [0.2, 0.25) is 0 Å². The number of rotatable bonds is 2. The first kappa shape index (κ1) is 11.1. The van der Waals surface area contributed by atoms with E-state index in [1.165, 1.54) is 0 Å². The van der Waals surface area contributed by atoms with Gasteiger partial charge in [-0.1, -0.05) is 6.08 Å². The summed E-state index contributed by atoms with van der Waals surface area (Å²) in [6.07, 6.45) is 3.16. The largest absolute Gasteiger partial charge is 0.478 e. The molecule has 0 bridgehead atoms. The third-order valence-electron chi connectivity index (χ3n) is 1.75. The summed E-state index contributed by atoms with van der Waals surface area (Å²) in [7, 11) is -2.81. The Balaban J connectivity index is 3.40. The van der Waals surface area contributed by atoms with Gasteiger partial charge in [-0.25, -0.2) is 4.79 Å². The fourth-order valence-electron chi connectivity index (χ4n) is 1.13. The zero-order valence-electron chi connectivity index (χ0n) is 7.15. The lowest BCUT2D eigenvalue weighted by atomic mass is 10.00. The van der Waals surface area contributed by atoms with Crippen LogP contribution in [0.3, 0.4) is 0 Å². The summed E-state index contributed by atoms with van der Waals surface area (Å²) in [5.41, 5.74) is -0.568. The number of carboxylic acid groups (broad SMARTS) is 1. The summed E-state index contributed by atoms with van der Waals surface area (Å²) < 4.78 is 21.2. The molecule has 0 aliphatic heterocycles. The summed E-state index contributed by atoms with van der Waals surface area (Å²) in [4.78, 5) is 19.7. The molecule has 1 unspecified atom stereocenters. The quantitative estimate of drug-likeness (QED) is 0.380. The Kier molecular flexibility index (Phi) is 3.00. The second-order valence-corrected chi connectivity index (χ2v) is 3.55. The second kappa shape index (κ2) is 4.05. The van der Waals surface area contributed by atoms with Crippen LogP contribution in [-0.2, 0) is 15.1 Å². The van der Waals surface area contributed by atoms with Gasteiger partial charge < -0.3 is 5.11 Å². The highest BCUT2D eigenvalue weighted by Gasteiger charge is 2.37. The number of hydrogen-bond donors (Lipinski definition) is 1. The van der Waals surface area contributed by atoms with Gasteiger partial charge in [-0.3, -0.25) is 10.1 Å². The van der Waals surface area contributed by atoms with Crippen LogP contribution in [0.4, 0.5) is 0 Å². The number of nitrogens with zero attached hydrogens (tertiary/aromatic N) is 1. The van der Waals surface area contributed by atoms with Gasteiger partial charge in [-0.05, 0) is 12.2 Å². The molecular formula is C7H5NO6S. The van der Waals surface area contributed by atoms with Gasteiger partial charge in [0.1, 0.15) is 5.57 Å². The van der Waals surface area contributed by atoms with Gasteiger partial charge in [0.05, 0.1) is 0 Å². The van der Waals surface area contributed by atoms with Gasteiger partial charge >= 0.3 is 5.97 Å². The molecule has 0 aromatic carbocycles. The predicted molar refractivity (Wildman–Crippen MR) is 49.6 cm³/mol. The second-order valence-electron chi connectivity index (χ2n) is 2.61. The topological polar surface area (TPSA) is 115 Å². The molecule has 1 aliphatic carbocycles. The van der Waals surface area contributed by atoms with E-state index in [4.69, 9.17) is 5.11 Å². The van der Waals surface area contributed by atoms with Crippen molar-refractivity contribution >= 4 is 21.1 Å². The minimum atomic E-state index is -2.81. The van der Waals surface area contributed by atoms with Crippen molar-refractivity contribution < 1.29 is 23.2 Å². The highest BCUT2D eigenvalue weighted by Crippen LogP contribution is 2.14. The first-order chi connectivity index (χ1) is 6.95. The number of allylic oxidation sites excluding steroid dienone is 2. The number of hydrogen-bond acceptors (Lipinski definition) is 5. The van der Waals surface area contributed by atoms with Crippen LogP contribution in [0, 0.1) is 10.1 Å². The van der Waals surface area contributed by atoms with Crippen molar-refractivity contribution in [2.45, 2.75) is 6.04 Å². The third-order valence-corrected chi connectivity index (χ3v) is 2.49. The molecule has 0 amide bonds. The van der Waals surface area contributed by atoms with E-state index in [2.05, 4.69) is 0 Å². The summed E-state index contributed by atoms with van der Waals surface area (Å²) in [6, 6.07) is -1.83. The molecule has 0 fully saturated rings. The Labute approximate surface area is 85.0 Å². The van der Waals surface area contributed by atoms with E-state index in [1.54, 1.807) is 0 Å². The van der Waals surface area contributed by atoms with Gasteiger partial charge in [0, 0.05) is 4.92 Å². The van der Waals surface area contributed by atoms with Crippen LogP contribution < -0.4 is 0 Å². The van der Waals surface area contributed by atoms with Crippen LogP contribution in [0.15, 0.2) is 23.8 Å². The highest BCUT2D eigenvalue weighted by atomic mass is 32.2. The maximum Gasteiger partial charge on any atom is 0.338 e. The minimum Gasteiger partial charge on any atom is -0.478 e. The van der Waals surface area contributed by atoms with Crippen LogP contribution in [0.1, 0.15) is 0 Å². The van der Waals surface area contributed by atoms with Crippen molar-refractivity contribution in [3.63, 3.8) is 0 Å². The summed E-state index contributed by atoms with van der Waals surface area (Å²) in [5.74, 6) is -1.51. The van der Waals surface area contributed by atoms with Gasteiger partial charge in [0.2, 0.25) is 10.3 Å². The van der Waals surface area contributed by atoms with Gasteiger partial charge in [-0.15, -0.1) is 0 Å². The normalized spacial score (nSPS) is 19.6. The lowest BCUT2D eigenvalue weighted by Crippen LogP contribution is -2.35. The first-order valence-electron chi connectivity index (χ1n) is 3.66. The molecule has 1 rings (SSSR count). The number of carboxylic acids is 1. The molecule has 0 saturated carbocycles. The average molecular weight is 231 g/mol. The Morgan fingerprint density at radius 1 is 1.53 bits per heavy atom. The van der Waals surface area contributed by atoms with Crippen molar-refractivity contribution in [1.29, 1.82) is 0 Å². The molecule has 1 atom stereocenters. The molecule has 0 saturated heterocycles. The standard InChI is InChI=1S/C7H5NO6S/c9-7(10)4-2-1-3-5(15(13)14)6(4)8(11)12/h1-3,6H,(H,9,10). The zero-order valence-corrected chi connectivity index (χ0v) is 7.97. The molecule has 1 N–H and O–H groups in total. The van der Waals surface area contributed by atoms with Crippen molar-refractivity contribution in [2.75, 3.05) is 0 Å². The van der Waals surface area contributed by atoms with E-state index in [9.17, 15) is 23.3 Å². The van der Waals surface area contributed by atoms with E-state index in [0.29, 0.717) is 0 Å². The van der Waals surface area contributed by atoms with E-state index >= 15 is 0 Å². The molecule has 0 aromatic rings. The van der Waals surface area contributed by atoms with Crippen molar-refractivity contribution in [3.8, 4) is 0 Å². The van der Waals surface area contributed by atoms with Crippen molar-refractivity contribution in [1.82, 2.24) is 0 Å². The fraction of sp³-hybridized carbons (Fsp3) is 0.143. The monoisotopic (exact) mass is 231 g/mol. The van der Waals surface area contributed by atoms with Crippen molar-refractivity contribution in [2.24, 2.45) is 0 Å². The molecule has 0 radical (unpaired) electrons. The SMILES string of the molecule is O=C(O)C1=CC=CC(=S(=O)=O)C1[N+](=O)[O-]. The number of nitro groups is 1. The summed E-state index contributed by atoms with van der Waals surface area (Å²) in [6.45, 7) is 0. The molecule has 0 heterocycles. The smallest absolute Gasteiger partial charge is 0.338 e. The van der Waals surface area contributed by atoms with Gasteiger partial charge in [0.15, 0.2) is 4.86 Å². The maximum atomic E-state index is 10.6. The lowest BCUT2D eigenvalue weighted by Gasteiger charge is -2.10. The van der Waals surface area contributed by atoms with Gasteiger partial charge in [-0.2, -0.15) is 8.42 Å². The molecule has 0 spiro atoms. The van der Waals surface area contributed by atoms with Crippen LogP contribution in [0.5, 0.6) is 0 Å². The fourth-order valence-corrected chi connectivity index (χ4v) is 1.72. The predicted octanol–water partition coefficient (Wildman–Crippen LogP) is -0.736. The molecule has 15 heavy (non-hydrogen) atoms. The lowest BCUT2D eigenvalue weighted by molar-refractivity contribution is -0.491. The number of carbonyl (C=O) groups is 1. The third kappa shape index (κ3) is 2.10. The number of aliphatic carboxylic acids is 1. The minimum absolute atomic E-state index is 0.556. The zero-order chi connectivity index (χ0) is 11.6. The summed E-state index contributed by atoms with van der Waals surface area (Å²) >= 11 is 0. The Hall–Kier alpha value is -1.96. The molecular weight excluding hydrogens is 226 g/mol. The van der Waals surface area contributed by atoms with E-state index < -0.39 is 37.7 Å². The van der Waals surface area contributed by atoms with Crippen LogP contribution >= 0.6 is 0 Å². The maximum absolute atomic E-state index is 10.6. The van der Waals surface area contributed by atoms with E-state index in [0.717, 1.165) is 18.2 Å². The van der Waals surface area contributed by atoms with Gasteiger partial charge in [0.25, 0.3) is 6.04 Å². The highest BCUT2D eigenvalue weighted by molar-refractivity contribution is 7.73. The van der Waals surface area contributed by atoms with E-state index in [1.807, 2.05) is 0 Å². The molecule has 80 valence electrons. The summed E-state index contributed by atoms with van der Waals surface area (Å²) in [5, 5.41) is 19.2. The molecule has 7 nitrogen and oxygen atoms in total. The molecule has 8 heteroatoms. The molecule has 1 aliphatic rings.